The first kappa shape index (κ1) is 11.0. The maximum absolute atomic E-state index is 10.1. The van der Waals surface area contributed by atoms with Crippen molar-refractivity contribution >= 4 is 0 Å². The fourth-order valence-electron chi connectivity index (χ4n) is 2.21. The van der Waals surface area contributed by atoms with Crippen molar-refractivity contribution < 1.29 is 5.11 Å². The largest absolute Gasteiger partial charge is 0.392 e. The van der Waals surface area contributed by atoms with Crippen LogP contribution in [0.3, 0.4) is 0 Å². The number of nitrogens with two attached hydrogens (primary N) is 1. The molecular formula is C11H23NO. The highest BCUT2D eigenvalue weighted by atomic mass is 16.3. The van der Waals surface area contributed by atoms with E-state index in [1.165, 1.54) is 32.1 Å². The molecule has 0 bridgehead atoms. The van der Waals surface area contributed by atoms with Crippen LogP contribution in [0.15, 0.2) is 0 Å². The summed E-state index contributed by atoms with van der Waals surface area (Å²) in [6, 6.07) is 0. The van der Waals surface area contributed by atoms with E-state index in [0.29, 0.717) is 12.5 Å². The molecule has 0 saturated heterocycles. The highest BCUT2D eigenvalue weighted by molar-refractivity contribution is 4.85. The van der Waals surface area contributed by atoms with Crippen molar-refractivity contribution in [2.24, 2.45) is 17.1 Å². The minimum atomic E-state index is -0.210. The van der Waals surface area contributed by atoms with Crippen LogP contribution in [0.1, 0.15) is 46.0 Å². The Labute approximate surface area is 81.5 Å². The van der Waals surface area contributed by atoms with Gasteiger partial charge in [0.25, 0.3) is 0 Å². The number of hydrogen-bond acceptors (Lipinski definition) is 2. The standard InChI is InChI=1S/C11H23NO/c1-11(2,8-12)10(13)9-6-4-3-5-7-9/h9-10,13H,3-8,12H2,1-2H3. The van der Waals surface area contributed by atoms with Crippen LogP contribution < -0.4 is 5.73 Å². The topological polar surface area (TPSA) is 46.2 Å². The second-order valence-electron chi connectivity index (χ2n) is 5.04. The molecule has 0 aromatic carbocycles. The van der Waals surface area contributed by atoms with E-state index in [2.05, 4.69) is 13.8 Å². The van der Waals surface area contributed by atoms with Crippen LogP contribution in [0.5, 0.6) is 0 Å². The fourth-order valence-corrected chi connectivity index (χ4v) is 2.21. The summed E-state index contributed by atoms with van der Waals surface area (Å²) in [5.74, 6) is 0.493. The SMILES string of the molecule is CC(C)(CN)C(O)C1CCCCC1. The van der Waals surface area contributed by atoms with Gasteiger partial charge in [-0.15, -0.1) is 0 Å². The van der Waals surface area contributed by atoms with Crippen LogP contribution in [0.25, 0.3) is 0 Å². The van der Waals surface area contributed by atoms with Crippen LogP contribution in [0.4, 0.5) is 0 Å². The zero-order valence-electron chi connectivity index (χ0n) is 8.92. The minimum absolute atomic E-state index is 0.109. The summed E-state index contributed by atoms with van der Waals surface area (Å²) >= 11 is 0. The van der Waals surface area contributed by atoms with E-state index in [9.17, 15) is 5.11 Å². The Balaban J connectivity index is 2.49. The lowest BCUT2D eigenvalue weighted by Crippen LogP contribution is -2.41. The normalized spacial score (nSPS) is 23.1. The highest BCUT2D eigenvalue weighted by Gasteiger charge is 2.33. The molecule has 0 heterocycles. The summed E-state index contributed by atoms with van der Waals surface area (Å²) in [6.45, 7) is 4.70. The van der Waals surface area contributed by atoms with E-state index >= 15 is 0 Å². The predicted octanol–water partition coefficient (Wildman–Crippen LogP) is 1.91. The second kappa shape index (κ2) is 4.43. The van der Waals surface area contributed by atoms with E-state index in [0.717, 1.165) is 0 Å². The van der Waals surface area contributed by atoms with Crippen molar-refractivity contribution in [2.75, 3.05) is 6.54 Å². The maximum Gasteiger partial charge on any atom is 0.0631 e. The van der Waals surface area contributed by atoms with Crippen molar-refractivity contribution in [1.29, 1.82) is 0 Å². The number of aliphatic hydroxyl groups is 1. The van der Waals surface area contributed by atoms with Gasteiger partial charge in [0, 0.05) is 5.41 Å². The first-order valence-electron chi connectivity index (χ1n) is 5.46. The number of hydrogen-bond donors (Lipinski definition) is 2. The molecule has 0 spiro atoms. The molecular weight excluding hydrogens is 162 g/mol. The van der Waals surface area contributed by atoms with Crippen LogP contribution in [0, 0.1) is 11.3 Å². The van der Waals surface area contributed by atoms with Crippen molar-refractivity contribution in [3.05, 3.63) is 0 Å². The highest BCUT2D eigenvalue weighted by Crippen LogP contribution is 2.34. The third kappa shape index (κ3) is 2.68. The molecule has 1 unspecified atom stereocenters. The van der Waals surface area contributed by atoms with Gasteiger partial charge in [-0.05, 0) is 25.3 Å². The Hall–Kier alpha value is -0.0800. The molecule has 0 amide bonds. The molecule has 0 aromatic heterocycles. The van der Waals surface area contributed by atoms with Gasteiger partial charge in [-0.25, -0.2) is 0 Å². The molecule has 0 radical (unpaired) electrons. The molecule has 78 valence electrons. The second-order valence-corrected chi connectivity index (χ2v) is 5.04. The van der Waals surface area contributed by atoms with Gasteiger partial charge in [0.05, 0.1) is 6.10 Å². The quantitative estimate of drug-likeness (QED) is 0.705. The van der Waals surface area contributed by atoms with Crippen LogP contribution in [-0.2, 0) is 0 Å². The van der Waals surface area contributed by atoms with Crippen LogP contribution >= 0.6 is 0 Å². The van der Waals surface area contributed by atoms with Crippen LogP contribution in [-0.4, -0.2) is 17.8 Å². The minimum Gasteiger partial charge on any atom is -0.392 e. The maximum atomic E-state index is 10.1. The summed E-state index contributed by atoms with van der Waals surface area (Å²) in [5.41, 5.74) is 5.54. The molecule has 1 rings (SSSR count). The molecule has 1 aliphatic rings. The zero-order valence-corrected chi connectivity index (χ0v) is 8.92. The molecule has 0 aliphatic heterocycles. The zero-order chi connectivity index (χ0) is 9.90. The van der Waals surface area contributed by atoms with Crippen molar-refractivity contribution in [3.8, 4) is 0 Å². The number of rotatable bonds is 3. The van der Waals surface area contributed by atoms with E-state index in [1.54, 1.807) is 0 Å². The Bertz CT molecular complexity index is 150. The van der Waals surface area contributed by atoms with Crippen molar-refractivity contribution in [3.63, 3.8) is 0 Å². The summed E-state index contributed by atoms with van der Waals surface area (Å²) in [6.07, 6.45) is 6.06. The average molecular weight is 185 g/mol. The third-order valence-electron chi connectivity index (χ3n) is 3.42. The van der Waals surface area contributed by atoms with Crippen LogP contribution in [0.2, 0.25) is 0 Å². The van der Waals surface area contributed by atoms with Gasteiger partial charge >= 0.3 is 0 Å². The average Bonchev–Trinajstić information content (AvgIpc) is 2.18. The Morgan fingerprint density at radius 3 is 2.31 bits per heavy atom. The van der Waals surface area contributed by atoms with Gasteiger partial charge in [0.1, 0.15) is 0 Å². The molecule has 13 heavy (non-hydrogen) atoms. The first-order valence-corrected chi connectivity index (χ1v) is 5.46. The van der Waals surface area contributed by atoms with E-state index in [-0.39, 0.29) is 11.5 Å². The summed E-state index contributed by atoms with van der Waals surface area (Å²) < 4.78 is 0. The predicted molar refractivity (Wildman–Crippen MR) is 55.4 cm³/mol. The summed E-state index contributed by atoms with van der Waals surface area (Å²) in [4.78, 5) is 0. The van der Waals surface area contributed by atoms with Crippen molar-refractivity contribution in [1.82, 2.24) is 0 Å². The Kier molecular flexibility index (Phi) is 3.74. The molecule has 2 heteroatoms. The molecule has 1 fully saturated rings. The molecule has 1 aliphatic carbocycles. The smallest absolute Gasteiger partial charge is 0.0631 e. The van der Waals surface area contributed by atoms with Gasteiger partial charge in [-0.2, -0.15) is 0 Å². The van der Waals surface area contributed by atoms with Gasteiger partial charge < -0.3 is 10.8 Å². The summed E-state index contributed by atoms with van der Waals surface area (Å²) in [7, 11) is 0. The van der Waals surface area contributed by atoms with E-state index < -0.39 is 0 Å². The van der Waals surface area contributed by atoms with Gasteiger partial charge in [-0.3, -0.25) is 0 Å². The lowest BCUT2D eigenvalue weighted by atomic mass is 9.74. The first-order chi connectivity index (χ1) is 6.08. The molecule has 2 nitrogen and oxygen atoms in total. The third-order valence-corrected chi connectivity index (χ3v) is 3.42. The monoisotopic (exact) mass is 185 g/mol. The van der Waals surface area contributed by atoms with Gasteiger partial charge in [-0.1, -0.05) is 33.1 Å². The van der Waals surface area contributed by atoms with Gasteiger partial charge in [0.15, 0.2) is 0 Å². The fraction of sp³-hybridized carbons (Fsp3) is 1.00. The molecule has 0 aromatic rings. The van der Waals surface area contributed by atoms with Gasteiger partial charge in [0.2, 0.25) is 0 Å². The number of aliphatic hydroxyl groups excluding tert-OH is 1. The van der Waals surface area contributed by atoms with E-state index in [1.807, 2.05) is 0 Å². The summed E-state index contributed by atoms with van der Waals surface area (Å²) in [5, 5.41) is 10.1. The molecule has 1 saturated carbocycles. The lowest BCUT2D eigenvalue weighted by molar-refractivity contribution is -0.00690. The lowest BCUT2D eigenvalue weighted by Gasteiger charge is -2.36. The van der Waals surface area contributed by atoms with E-state index in [4.69, 9.17) is 5.73 Å². The Morgan fingerprint density at radius 2 is 1.85 bits per heavy atom. The van der Waals surface area contributed by atoms with Crippen molar-refractivity contribution in [2.45, 2.75) is 52.1 Å². The Morgan fingerprint density at radius 1 is 1.31 bits per heavy atom. The molecule has 3 N–H and O–H groups in total. The molecule has 1 atom stereocenters.